The number of sulfone groups is 1. The number of unbranched alkanes of at least 4 members (excludes halogenated alkanes) is 1. The van der Waals surface area contributed by atoms with Gasteiger partial charge in [0.15, 0.2) is 9.84 Å². The predicted molar refractivity (Wildman–Crippen MR) is 81.1 cm³/mol. The average molecular weight is 330 g/mol. The summed E-state index contributed by atoms with van der Waals surface area (Å²) in [6, 6.07) is 4.29. The Kier molecular flexibility index (Phi) is 4.63. The lowest BCUT2D eigenvalue weighted by Crippen LogP contribution is -2.11. The van der Waals surface area contributed by atoms with Gasteiger partial charge in [-0.1, -0.05) is 19.4 Å². The molecule has 2 rings (SSSR count). The third-order valence-electron chi connectivity index (χ3n) is 3.13. The third kappa shape index (κ3) is 3.41. The van der Waals surface area contributed by atoms with Crippen LogP contribution in [0, 0.1) is 5.82 Å². The Labute approximate surface area is 126 Å². The first-order valence-electron chi connectivity index (χ1n) is 6.49. The largest absolute Gasteiger partial charge is 0.477 e. The number of halogens is 1. The molecule has 1 N–H and O–H groups in total. The highest BCUT2D eigenvalue weighted by Crippen LogP contribution is 2.34. The summed E-state index contributed by atoms with van der Waals surface area (Å²) in [6.45, 7) is 1.87. The van der Waals surface area contributed by atoms with Crippen LogP contribution in [0.5, 0.6) is 0 Å². The standard InChI is InChI=1S/C14H15FO4S2/c1-2-3-7-21(18,19)8-9-12-10(15)5-4-6-11(12)20-13(9)14(16)17/h4-6H,2-3,7-8H2,1H3,(H,16,17). The molecule has 21 heavy (non-hydrogen) atoms. The number of thiophene rings is 1. The van der Waals surface area contributed by atoms with Crippen LogP contribution in [-0.2, 0) is 15.6 Å². The molecule has 2 aromatic rings. The number of hydrogen-bond acceptors (Lipinski definition) is 4. The molecular weight excluding hydrogens is 315 g/mol. The Morgan fingerprint density at radius 3 is 2.71 bits per heavy atom. The van der Waals surface area contributed by atoms with Gasteiger partial charge in [-0.2, -0.15) is 0 Å². The minimum atomic E-state index is -3.45. The Hall–Kier alpha value is -1.47. The topological polar surface area (TPSA) is 71.4 Å². The van der Waals surface area contributed by atoms with Crippen molar-refractivity contribution in [2.75, 3.05) is 5.75 Å². The maximum absolute atomic E-state index is 14.0. The smallest absolute Gasteiger partial charge is 0.346 e. The van der Waals surface area contributed by atoms with Crippen molar-refractivity contribution >= 4 is 37.2 Å². The predicted octanol–water partition coefficient (Wildman–Crippen LogP) is 3.45. The van der Waals surface area contributed by atoms with Crippen LogP contribution in [0.25, 0.3) is 10.1 Å². The zero-order chi connectivity index (χ0) is 15.6. The van der Waals surface area contributed by atoms with Gasteiger partial charge < -0.3 is 5.11 Å². The number of aromatic carboxylic acids is 1. The van der Waals surface area contributed by atoms with E-state index in [9.17, 15) is 22.7 Å². The molecule has 0 atom stereocenters. The maximum Gasteiger partial charge on any atom is 0.346 e. The summed E-state index contributed by atoms with van der Waals surface area (Å²) in [7, 11) is -3.45. The number of fused-ring (bicyclic) bond motifs is 1. The molecule has 0 saturated carbocycles. The van der Waals surface area contributed by atoms with Crippen LogP contribution < -0.4 is 0 Å². The Morgan fingerprint density at radius 1 is 1.38 bits per heavy atom. The number of rotatable bonds is 6. The van der Waals surface area contributed by atoms with Crippen LogP contribution in [0.1, 0.15) is 35.0 Å². The second-order valence-electron chi connectivity index (χ2n) is 4.77. The highest BCUT2D eigenvalue weighted by Gasteiger charge is 2.24. The summed E-state index contributed by atoms with van der Waals surface area (Å²) in [6.07, 6.45) is 1.24. The van der Waals surface area contributed by atoms with Gasteiger partial charge in [0.05, 0.1) is 11.5 Å². The first-order chi connectivity index (χ1) is 9.85. The molecule has 0 spiro atoms. The lowest BCUT2D eigenvalue weighted by Gasteiger charge is -2.05. The lowest BCUT2D eigenvalue weighted by atomic mass is 10.1. The summed E-state index contributed by atoms with van der Waals surface area (Å²) in [5, 5.41) is 9.33. The lowest BCUT2D eigenvalue weighted by molar-refractivity contribution is 0.0701. The zero-order valence-corrected chi connectivity index (χ0v) is 13.1. The molecule has 0 saturated heterocycles. The van der Waals surface area contributed by atoms with Crippen molar-refractivity contribution in [1.82, 2.24) is 0 Å². The van der Waals surface area contributed by atoms with E-state index < -0.39 is 27.4 Å². The van der Waals surface area contributed by atoms with Crippen LogP contribution in [0.4, 0.5) is 4.39 Å². The van der Waals surface area contributed by atoms with Crippen molar-refractivity contribution < 1.29 is 22.7 Å². The molecule has 0 unspecified atom stereocenters. The summed E-state index contributed by atoms with van der Waals surface area (Å²) >= 11 is 0.907. The quantitative estimate of drug-likeness (QED) is 0.880. The normalized spacial score (nSPS) is 11.9. The summed E-state index contributed by atoms with van der Waals surface area (Å²) in [5.41, 5.74) is 0.0664. The van der Waals surface area contributed by atoms with Crippen molar-refractivity contribution in [3.05, 3.63) is 34.5 Å². The molecule has 4 nitrogen and oxygen atoms in total. The molecule has 0 amide bonds. The zero-order valence-electron chi connectivity index (χ0n) is 11.4. The van der Waals surface area contributed by atoms with E-state index in [2.05, 4.69) is 0 Å². The molecule has 1 aromatic heterocycles. The fourth-order valence-electron chi connectivity index (χ4n) is 2.13. The molecular formula is C14H15FO4S2. The Morgan fingerprint density at radius 2 is 2.10 bits per heavy atom. The number of benzene rings is 1. The van der Waals surface area contributed by atoms with Crippen molar-refractivity contribution in [2.45, 2.75) is 25.5 Å². The van der Waals surface area contributed by atoms with Gasteiger partial charge in [0.1, 0.15) is 10.7 Å². The van der Waals surface area contributed by atoms with Gasteiger partial charge in [-0.05, 0) is 18.6 Å². The molecule has 0 aliphatic carbocycles. The number of carboxylic acid groups (broad SMARTS) is 1. The van der Waals surface area contributed by atoms with Crippen molar-refractivity contribution in [3.8, 4) is 0 Å². The van der Waals surface area contributed by atoms with Gasteiger partial charge in [-0.3, -0.25) is 0 Å². The van der Waals surface area contributed by atoms with Crippen LogP contribution in [-0.4, -0.2) is 25.2 Å². The van der Waals surface area contributed by atoms with E-state index in [0.29, 0.717) is 11.1 Å². The second-order valence-corrected chi connectivity index (χ2v) is 8.01. The van der Waals surface area contributed by atoms with Crippen LogP contribution in [0.2, 0.25) is 0 Å². The van der Waals surface area contributed by atoms with Gasteiger partial charge in [0.2, 0.25) is 0 Å². The fraction of sp³-hybridized carbons (Fsp3) is 0.357. The first kappa shape index (κ1) is 15.9. The van der Waals surface area contributed by atoms with Gasteiger partial charge >= 0.3 is 5.97 Å². The van der Waals surface area contributed by atoms with Crippen molar-refractivity contribution in [3.63, 3.8) is 0 Å². The second kappa shape index (κ2) is 6.11. The monoisotopic (exact) mass is 330 g/mol. The molecule has 0 bridgehead atoms. The highest BCUT2D eigenvalue weighted by molar-refractivity contribution is 7.90. The molecule has 0 aliphatic rings. The summed E-state index contributed by atoms with van der Waals surface area (Å²) in [5.74, 6) is -2.27. The summed E-state index contributed by atoms with van der Waals surface area (Å²) in [4.78, 5) is 11.2. The van der Waals surface area contributed by atoms with Crippen molar-refractivity contribution in [2.24, 2.45) is 0 Å². The van der Waals surface area contributed by atoms with Gasteiger partial charge in [0.25, 0.3) is 0 Å². The minimum absolute atomic E-state index is 0.0195. The van der Waals surface area contributed by atoms with Crippen LogP contribution in [0.15, 0.2) is 18.2 Å². The van der Waals surface area contributed by atoms with E-state index >= 15 is 0 Å². The van der Waals surface area contributed by atoms with Gasteiger partial charge in [-0.15, -0.1) is 11.3 Å². The first-order valence-corrected chi connectivity index (χ1v) is 9.13. The SMILES string of the molecule is CCCCS(=O)(=O)Cc1c(C(=O)O)sc2cccc(F)c12. The van der Waals surface area contributed by atoms with E-state index in [0.717, 1.165) is 17.8 Å². The van der Waals surface area contributed by atoms with E-state index in [1.807, 2.05) is 6.92 Å². The Bertz CT molecular complexity index is 778. The molecule has 7 heteroatoms. The molecule has 1 aromatic carbocycles. The highest BCUT2D eigenvalue weighted by atomic mass is 32.2. The molecule has 0 radical (unpaired) electrons. The third-order valence-corrected chi connectivity index (χ3v) is 5.96. The number of hydrogen-bond donors (Lipinski definition) is 1. The fourth-order valence-corrected chi connectivity index (χ4v) is 4.90. The van der Waals surface area contributed by atoms with Crippen LogP contribution >= 0.6 is 11.3 Å². The van der Waals surface area contributed by atoms with E-state index in [-0.39, 0.29) is 21.6 Å². The average Bonchev–Trinajstić information content (AvgIpc) is 2.76. The minimum Gasteiger partial charge on any atom is -0.477 e. The summed E-state index contributed by atoms with van der Waals surface area (Å²) < 4.78 is 38.6. The molecule has 114 valence electrons. The van der Waals surface area contributed by atoms with Crippen LogP contribution in [0.3, 0.4) is 0 Å². The number of carbonyl (C=O) groups is 1. The molecule has 0 fully saturated rings. The van der Waals surface area contributed by atoms with E-state index in [1.54, 1.807) is 6.07 Å². The maximum atomic E-state index is 14.0. The van der Waals surface area contributed by atoms with Gasteiger partial charge in [0, 0.05) is 15.6 Å². The molecule has 1 heterocycles. The van der Waals surface area contributed by atoms with Crippen molar-refractivity contribution in [1.29, 1.82) is 0 Å². The van der Waals surface area contributed by atoms with E-state index in [1.165, 1.54) is 12.1 Å². The van der Waals surface area contributed by atoms with Gasteiger partial charge in [-0.25, -0.2) is 17.6 Å². The van der Waals surface area contributed by atoms with E-state index in [4.69, 9.17) is 0 Å². The Balaban J connectivity index is 2.56. The number of carboxylic acids is 1. The molecule has 0 aliphatic heterocycles.